The Bertz CT molecular complexity index is 856. The van der Waals surface area contributed by atoms with Gasteiger partial charge in [-0.25, -0.2) is 15.0 Å². The molecule has 1 aromatic carbocycles. The van der Waals surface area contributed by atoms with Crippen molar-refractivity contribution in [3.05, 3.63) is 53.6 Å². The van der Waals surface area contributed by atoms with E-state index in [0.717, 1.165) is 39.0 Å². The number of hydrogen-bond acceptors (Lipinski definition) is 6. The van der Waals surface area contributed by atoms with Crippen LogP contribution in [0.4, 0.5) is 5.69 Å². The summed E-state index contributed by atoms with van der Waals surface area (Å²) in [7, 11) is 1.79. The molecule has 1 aromatic heterocycles. The van der Waals surface area contributed by atoms with Crippen molar-refractivity contribution < 1.29 is 9.53 Å². The predicted molar refractivity (Wildman–Crippen MR) is 116 cm³/mol. The summed E-state index contributed by atoms with van der Waals surface area (Å²) in [6.07, 6.45) is 7.76. The molecule has 7 nitrogen and oxygen atoms in total. The predicted octanol–water partition coefficient (Wildman–Crippen LogP) is 2.61. The number of benzene rings is 1. The van der Waals surface area contributed by atoms with Gasteiger partial charge in [0, 0.05) is 45.2 Å². The number of aryl methyl sites for hydroxylation is 1. The summed E-state index contributed by atoms with van der Waals surface area (Å²) in [6, 6.07) is 8.35. The third-order valence-corrected chi connectivity index (χ3v) is 6.08. The van der Waals surface area contributed by atoms with E-state index in [4.69, 9.17) is 4.74 Å². The Morgan fingerprint density at radius 3 is 2.87 bits per heavy atom. The lowest BCUT2D eigenvalue weighted by molar-refractivity contribution is 0.0775. The van der Waals surface area contributed by atoms with Gasteiger partial charge in [0.1, 0.15) is 12.0 Å². The first-order valence-corrected chi connectivity index (χ1v) is 10.8. The molecule has 0 bridgehead atoms. The number of nitrogens with one attached hydrogen (secondary N) is 1. The van der Waals surface area contributed by atoms with Crippen LogP contribution < -0.4 is 10.3 Å². The van der Waals surface area contributed by atoms with Crippen molar-refractivity contribution in [1.29, 1.82) is 0 Å². The molecule has 2 fully saturated rings. The van der Waals surface area contributed by atoms with E-state index in [0.29, 0.717) is 17.7 Å². The van der Waals surface area contributed by atoms with Crippen molar-refractivity contribution in [3.8, 4) is 0 Å². The van der Waals surface area contributed by atoms with Gasteiger partial charge in [0.05, 0.1) is 6.10 Å². The molecule has 2 aliphatic rings. The van der Waals surface area contributed by atoms with Crippen molar-refractivity contribution in [2.24, 2.45) is 5.92 Å². The number of ether oxygens (including phenoxy) is 1. The molecule has 2 heterocycles. The molecule has 1 unspecified atom stereocenters. The van der Waals surface area contributed by atoms with E-state index in [1.54, 1.807) is 19.4 Å². The first kappa shape index (κ1) is 20.8. The average molecular weight is 410 g/mol. The molecule has 4 rings (SSSR count). The maximum absolute atomic E-state index is 12.6. The van der Waals surface area contributed by atoms with Crippen LogP contribution >= 0.6 is 0 Å². The number of hydrazine groups is 1. The normalized spacial score (nSPS) is 18.8. The fraction of sp³-hybridized carbons (Fsp3) is 0.522. The number of carbonyl (C=O) groups excluding carboxylic acids is 1. The van der Waals surface area contributed by atoms with Crippen molar-refractivity contribution in [3.63, 3.8) is 0 Å². The Hall–Kier alpha value is -2.51. The summed E-state index contributed by atoms with van der Waals surface area (Å²) >= 11 is 0. The van der Waals surface area contributed by atoms with Crippen LogP contribution in [0.25, 0.3) is 0 Å². The molecular weight excluding hydrogens is 378 g/mol. The summed E-state index contributed by atoms with van der Waals surface area (Å²) in [4.78, 5) is 22.9. The SMILES string of the molecule is COC1CCN(c2ccc(C)c(CCN(CC3CC3)NC(=O)c3ccncn3)c2)C1. The van der Waals surface area contributed by atoms with Crippen LogP contribution in [0.5, 0.6) is 0 Å². The summed E-state index contributed by atoms with van der Waals surface area (Å²) in [6.45, 7) is 5.80. The van der Waals surface area contributed by atoms with Gasteiger partial charge in [0.25, 0.3) is 5.91 Å². The van der Waals surface area contributed by atoms with E-state index >= 15 is 0 Å². The fourth-order valence-corrected chi connectivity index (χ4v) is 3.97. The number of anilines is 1. The minimum absolute atomic E-state index is 0.175. The standard InChI is InChI=1S/C23H31N5O2/c1-17-3-6-20(27-11-9-21(15-27)30-2)13-19(17)8-12-28(14-18-4-5-18)26-23(29)22-7-10-24-16-25-22/h3,6-7,10,13,16,18,21H,4-5,8-9,11-12,14-15H2,1-2H3,(H,26,29). The first-order valence-electron chi connectivity index (χ1n) is 10.8. The van der Waals surface area contributed by atoms with Crippen LogP contribution in [0.3, 0.4) is 0 Å². The molecule has 1 aliphatic carbocycles. The largest absolute Gasteiger partial charge is 0.380 e. The quantitative estimate of drug-likeness (QED) is 0.642. The lowest BCUT2D eigenvalue weighted by atomic mass is 10.0. The minimum atomic E-state index is -0.175. The van der Waals surface area contributed by atoms with Gasteiger partial charge >= 0.3 is 0 Å². The zero-order valence-corrected chi connectivity index (χ0v) is 17.9. The molecule has 1 saturated heterocycles. The summed E-state index contributed by atoms with van der Waals surface area (Å²) < 4.78 is 5.51. The Morgan fingerprint density at radius 2 is 2.17 bits per heavy atom. The van der Waals surface area contributed by atoms with Gasteiger partial charge in [-0.05, 0) is 67.9 Å². The first-order chi connectivity index (χ1) is 14.6. The molecule has 160 valence electrons. The van der Waals surface area contributed by atoms with Crippen molar-refractivity contribution in [2.45, 2.75) is 38.7 Å². The molecular formula is C23H31N5O2. The smallest absolute Gasteiger partial charge is 0.284 e. The average Bonchev–Trinajstić information content (AvgIpc) is 3.45. The van der Waals surface area contributed by atoms with Crippen LogP contribution in [0.15, 0.2) is 36.8 Å². The van der Waals surface area contributed by atoms with Gasteiger partial charge in [0.2, 0.25) is 0 Å². The van der Waals surface area contributed by atoms with E-state index in [-0.39, 0.29) is 5.91 Å². The molecule has 0 radical (unpaired) electrons. The van der Waals surface area contributed by atoms with Crippen molar-refractivity contribution in [1.82, 2.24) is 20.4 Å². The number of amides is 1. The number of hydrogen-bond donors (Lipinski definition) is 1. The van der Waals surface area contributed by atoms with E-state index in [9.17, 15) is 4.79 Å². The Labute approximate surface area is 178 Å². The molecule has 1 N–H and O–H groups in total. The van der Waals surface area contributed by atoms with Gasteiger partial charge in [0.15, 0.2) is 0 Å². The maximum atomic E-state index is 12.6. The Kier molecular flexibility index (Phi) is 6.59. The van der Waals surface area contributed by atoms with Crippen LogP contribution in [-0.2, 0) is 11.2 Å². The summed E-state index contributed by atoms with van der Waals surface area (Å²) in [5.41, 5.74) is 7.32. The van der Waals surface area contributed by atoms with Crippen LogP contribution in [0.1, 0.15) is 40.9 Å². The molecule has 1 amide bonds. The van der Waals surface area contributed by atoms with Gasteiger partial charge in [-0.15, -0.1) is 0 Å². The van der Waals surface area contributed by atoms with Crippen molar-refractivity contribution >= 4 is 11.6 Å². The number of methoxy groups -OCH3 is 1. The highest BCUT2D eigenvalue weighted by Crippen LogP contribution is 2.29. The van der Waals surface area contributed by atoms with Gasteiger partial charge in [-0.2, -0.15) is 0 Å². The molecule has 30 heavy (non-hydrogen) atoms. The van der Waals surface area contributed by atoms with Gasteiger partial charge in [-0.1, -0.05) is 6.07 Å². The van der Waals surface area contributed by atoms with E-state index in [2.05, 4.69) is 50.4 Å². The second-order valence-corrected chi connectivity index (χ2v) is 8.38. The molecule has 7 heteroatoms. The summed E-state index contributed by atoms with van der Waals surface area (Å²) in [5, 5.41) is 2.06. The second kappa shape index (κ2) is 9.53. The molecule has 2 aromatic rings. The molecule has 1 saturated carbocycles. The molecule has 1 aliphatic heterocycles. The number of rotatable bonds is 9. The third kappa shape index (κ3) is 5.34. The summed E-state index contributed by atoms with van der Waals surface area (Å²) in [5.74, 6) is 0.505. The fourth-order valence-electron chi connectivity index (χ4n) is 3.97. The zero-order valence-electron chi connectivity index (χ0n) is 17.9. The lowest BCUT2D eigenvalue weighted by Gasteiger charge is -2.24. The third-order valence-electron chi connectivity index (χ3n) is 6.08. The van der Waals surface area contributed by atoms with Gasteiger partial charge in [-0.3, -0.25) is 10.2 Å². The monoisotopic (exact) mass is 409 g/mol. The Morgan fingerprint density at radius 1 is 1.30 bits per heavy atom. The number of aromatic nitrogens is 2. The molecule has 0 spiro atoms. The van der Waals surface area contributed by atoms with E-state index in [1.807, 2.05) is 0 Å². The molecule has 1 atom stereocenters. The van der Waals surface area contributed by atoms with E-state index in [1.165, 1.54) is 36.0 Å². The van der Waals surface area contributed by atoms with Gasteiger partial charge < -0.3 is 9.64 Å². The highest BCUT2D eigenvalue weighted by Gasteiger charge is 2.26. The van der Waals surface area contributed by atoms with Crippen molar-refractivity contribution in [2.75, 3.05) is 38.2 Å². The maximum Gasteiger partial charge on any atom is 0.284 e. The Balaban J connectivity index is 1.40. The minimum Gasteiger partial charge on any atom is -0.380 e. The second-order valence-electron chi connectivity index (χ2n) is 8.38. The van der Waals surface area contributed by atoms with Crippen LogP contribution in [0.2, 0.25) is 0 Å². The van der Waals surface area contributed by atoms with Crippen LogP contribution in [0, 0.1) is 12.8 Å². The number of nitrogens with zero attached hydrogens (tertiary/aromatic N) is 4. The zero-order chi connectivity index (χ0) is 20.9. The lowest BCUT2D eigenvalue weighted by Crippen LogP contribution is -2.44. The highest BCUT2D eigenvalue weighted by molar-refractivity contribution is 5.91. The van der Waals surface area contributed by atoms with E-state index < -0.39 is 0 Å². The van der Waals surface area contributed by atoms with Crippen LogP contribution in [-0.4, -0.2) is 60.3 Å². The topological polar surface area (TPSA) is 70.6 Å². The highest BCUT2D eigenvalue weighted by atomic mass is 16.5. The number of carbonyl (C=O) groups is 1.